The summed E-state index contributed by atoms with van der Waals surface area (Å²) in [7, 11) is -3.51. The van der Waals surface area contributed by atoms with Crippen molar-refractivity contribution >= 4 is 56.2 Å². The van der Waals surface area contributed by atoms with Gasteiger partial charge in [0.1, 0.15) is 29.9 Å². The first-order chi connectivity index (χ1) is 22.5. The van der Waals surface area contributed by atoms with Crippen molar-refractivity contribution in [2.75, 3.05) is 30.7 Å². The molecule has 3 aromatic rings. The number of aryl methyl sites for hydroxylation is 1. The number of hydroxylamine groups is 2. The molecule has 0 bridgehead atoms. The lowest BCUT2D eigenvalue weighted by atomic mass is 9.84. The van der Waals surface area contributed by atoms with Crippen LogP contribution in [0.5, 0.6) is 5.75 Å². The summed E-state index contributed by atoms with van der Waals surface area (Å²) in [6.45, 7) is 2.94. The SMILES string of the molecule is C[n+]1cc(-c2ccc(OC[C@H](O/N=C(\C(=O)N[C@@H]3C(=O)N(OS(=O)(=O)[O-])C3(C)C)c3csc(N)n3)C(=O)O)cc2F)ccc1NCCN. The maximum absolute atomic E-state index is 15.1. The van der Waals surface area contributed by atoms with Crippen LogP contribution in [0.25, 0.3) is 11.1 Å². The summed E-state index contributed by atoms with van der Waals surface area (Å²) in [4.78, 5) is 46.7. The number of thiazole rings is 1. The van der Waals surface area contributed by atoms with E-state index in [4.69, 9.17) is 21.0 Å². The van der Waals surface area contributed by atoms with Crippen LogP contribution in [0, 0.1) is 5.82 Å². The van der Waals surface area contributed by atoms with E-state index < -0.39 is 64.0 Å². The minimum absolute atomic E-state index is 0.0160. The lowest BCUT2D eigenvalue weighted by Crippen LogP contribution is -2.76. The van der Waals surface area contributed by atoms with Gasteiger partial charge in [0.2, 0.25) is 10.4 Å². The maximum Gasteiger partial charge on any atom is 0.351 e. The molecule has 3 heterocycles. The third-order valence-corrected chi connectivity index (χ3v) is 7.89. The van der Waals surface area contributed by atoms with Crippen molar-refractivity contribution < 1.29 is 55.3 Å². The zero-order valence-corrected chi connectivity index (χ0v) is 27.2. The zero-order valence-electron chi connectivity index (χ0n) is 25.6. The fourth-order valence-corrected chi connectivity index (χ4v) is 5.42. The van der Waals surface area contributed by atoms with Gasteiger partial charge in [-0.25, -0.2) is 27.2 Å². The van der Waals surface area contributed by atoms with E-state index in [2.05, 4.69) is 25.1 Å². The molecule has 0 spiro atoms. The molecule has 2 atom stereocenters. The molecule has 0 radical (unpaired) electrons. The molecule has 258 valence electrons. The molecule has 18 nitrogen and oxygen atoms in total. The zero-order chi connectivity index (χ0) is 35.4. The second kappa shape index (κ2) is 14.4. The number of rotatable bonds is 15. The van der Waals surface area contributed by atoms with Crippen molar-refractivity contribution in [1.82, 2.24) is 15.4 Å². The number of nitrogens with one attached hydrogen (secondary N) is 2. The van der Waals surface area contributed by atoms with Crippen molar-refractivity contribution in [1.29, 1.82) is 0 Å². The number of hydrogen-bond donors (Lipinski definition) is 5. The lowest BCUT2D eigenvalue weighted by Gasteiger charge is -2.51. The van der Waals surface area contributed by atoms with Crippen LogP contribution in [0.15, 0.2) is 47.1 Å². The molecule has 1 aromatic carbocycles. The standard InChI is InChI=1S/C27H31FN8O10S2/c1-27(2)22(24(38)36(27)46-48(41,42)43)33-23(37)21(18-13-47-26(30)32-18)34-45-19(25(39)40)12-44-15-5-6-16(17(28)10-15)14-4-7-20(31-9-8-29)35(3)11-14/h4-7,10-11,13,19,22H,8-9,12,29H2,1-3H3,(H5,30,32,33,37,39,40,41,42,43)/b34-21-/t19-,22+/m0/s1. The van der Waals surface area contributed by atoms with Gasteiger partial charge in [0.05, 0.1) is 25.3 Å². The van der Waals surface area contributed by atoms with Crippen LogP contribution in [0.3, 0.4) is 0 Å². The number of aromatic nitrogens is 2. The average molecular weight is 711 g/mol. The summed E-state index contributed by atoms with van der Waals surface area (Å²) in [6.07, 6.45) is -0.0942. The highest BCUT2D eigenvalue weighted by Gasteiger charge is 2.57. The van der Waals surface area contributed by atoms with Gasteiger partial charge in [-0.05, 0) is 32.0 Å². The van der Waals surface area contributed by atoms with E-state index in [1.54, 1.807) is 29.9 Å². The van der Waals surface area contributed by atoms with Gasteiger partial charge in [0.15, 0.2) is 10.8 Å². The second-order valence-corrected chi connectivity index (χ2v) is 12.6. The number of aliphatic carboxylic acids is 1. The number of carbonyl (C=O) groups excluding carboxylic acids is 2. The van der Waals surface area contributed by atoms with Crippen LogP contribution >= 0.6 is 11.3 Å². The molecule has 0 unspecified atom stereocenters. The third kappa shape index (κ3) is 8.30. The summed E-state index contributed by atoms with van der Waals surface area (Å²) in [5, 5.41) is 20.4. The Bertz CT molecular complexity index is 1850. The fraction of sp³-hybridized carbons (Fsp3) is 0.333. The molecule has 4 rings (SSSR count). The lowest BCUT2D eigenvalue weighted by molar-refractivity contribution is -0.656. The first-order valence-electron chi connectivity index (χ1n) is 13.9. The number of nitrogen functional groups attached to an aromatic ring is 1. The highest BCUT2D eigenvalue weighted by molar-refractivity contribution is 7.80. The van der Waals surface area contributed by atoms with Crippen LogP contribution in [-0.4, -0.2) is 89.0 Å². The molecule has 1 aliphatic heterocycles. The quantitative estimate of drug-likeness (QED) is 0.0332. The highest BCUT2D eigenvalue weighted by Crippen LogP contribution is 2.33. The number of halogens is 1. The van der Waals surface area contributed by atoms with Gasteiger partial charge < -0.3 is 36.0 Å². The molecule has 2 amide bonds. The van der Waals surface area contributed by atoms with E-state index in [1.807, 2.05) is 0 Å². The summed E-state index contributed by atoms with van der Waals surface area (Å²) >= 11 is 0.917. The smallest absolute Gasteiger partial charge is 0.351 e. The summed E-state index contributed by atoms with van der Waals surface area (Å²) < 4.78 is 59.4. The number of nitrogens with two attached hydrogens (primary N) is 2. The molecule has 21 heteroatoms. The van der Waals surface area contributed by atoms with Crippen LogP contribution in [0.1, 0.15) is 19.5 Å². The molecule has 48 heavy (non-hydrogen) atoms. The van der Waals surface area contributed by atoms with E-state index in [-0.39, 0.29) is 22.1 Å². The van der Waals surface area contributed by atoms with Crippen molar-refractivity contribution in [3.63, 3.8) is 0 Å². The Morgan fingerprint density at radius 2 is 2.04 bits per heavy atom. The molecule has 1 saturated heterocycles. The van der Waals surface area contributed by atoms with Crippen LogP contribution < -0.4 is 31.4 Å². The van der Waals surface area contributed by atoms with Crippen LogP contribution in [0.2, 0.25) is 0 Å². The van der Waals surface area contributed by atoms with Crippen molar-refractivity contribution in [3.8, 4) is 16.9 Å². The van der Waals surface area contributed by atoms with E-state index in [0.717, 1.165) is 23.2 Å². The Kier molecular flexibility index (Phi) is 10.8. The van der Waals surface area contributed by atoms with E-state index >= 15 is 4.39 Å². The second-order valence-electron chi connectivity index (χ2n) is 10.7. The van der Waals surface area contributed by atoms with Gasteiger partial charge in [0, 0.05) is 35.2 Å². The normalized spacial score (nSPS) is 16.5. The first-order valence-corrected chi connectivity index (χ1v) is 16.1. The number of nitrogens with zero attached hydrogens (tertiary/aromatic N) is 4. The monoisotopic (exact) mass is 710 g/mol. The van der Waals surface area contributed by atoms with Gasteiger partial charge in [-0.2, -0.15) is 9.35 Å². The number of carboxylic acids is 1. The molecular formula is C27H31FN8O10S2. The molecule has 7 N–H and O–H groups in total. The number of amides is 2. The molecule has 0 saturated carbocycles. The van der Waals surface area contributed by atoms with Gasteiger partial charge in [-0.3, -0.25) is 14.9 Å². The maximum atomic E-state index is 15.1. The minimum Gasteiger partial charge on any atom is -0.724 e. The van der Waals surface area contributed by atoms with Crippen molar-refractivity contribution in [3.05, 3.63) is 53.4 Å². The Labute approximate surface area is 277 Å². The Balaban J connectivity index is 1.47. The average Bonchev–Trinajstić information content (AvgIpc) is 3.44. The fourth-order valence-electron chi connectivity index (χ4n) is 4.42. The van der Waals surface area contributed by atoms with E-state index in [1.165, 1.54) is 31.4 Å². The highest BCUT2D eigenvalue weighted by atomic mass is 32.3. The van der Waals surface area contributed by atoms with Gasteiger partial charge in [-0.1, -0.05) is 5.16 Å². The summed E-state index contributed by atoms with van der Waals surface area (Å²) in [5.74, 6) is -3.59. The Hall–Kier alpha value is -4.96. The number of oxime groups is 1. The van der Waals surface area contributed by atoms with E-state index in [9.17, 15) is 32.5 Å². The van der Waals surface area contributed by atoms with Gasteiger partial charge in [-0.15, -0.1) is 11.3 Å². The number of β-lactam (4-membered cyclic amide) rings is 1. The topological polar surface area (TPSA) is 265 Å². The molecule has 1 fully saturated rings. The molecular weight excluding hydrogens is 679 g/mol. The van der Waals surface area contributed by atoms with Crippen LogP contribution in [-0.2, 0) is 41.0 Å². The number of carbonyl (C=O) groups is 3. The number of hydrogen-bond acceptors (Lipinski definition) is 15. The first kappa shape index (κ1) is 35.9. The molecule has 1 aliphatic rings. The molecule has 2 aromatic heterocycles. The van der Waals surface area contributed by atoms with Crippen molar-refractivity contribution in [2.45, 2.75) is 31.5 Å². The van der Waals surface area contributed by atoms with Crippen LogP contribution in [0.4, 0.5) is 15.3 Å². The minimum atomic E-state index is -5.29. The number of benzene rings is 1. The predicted molar refractivity (Wildman–Crippen MR) is 165 cm³/mol. The number of carboxylic acid groups (broad SMARTS) is 1. The Morgan fingerprint density at radius 3 is 2.60 bits per heavy atom. The summed E-state index contributed by atoms with van der Waals surface area (Å²) in [5.41, 5.74) is 9.78. The number of anilines is 2. The molecule has 0 aliphatic carbocycles. The number of pyridine rings is 1. The van der Waals surface area contributed by atoms with Gasteiger partial charge >= 0.3 is 5.97 Å². The van der Waals surface area contributed by atoms with Gasteiger partial charge in [0.25, 0.3) is 23.7 Å². The van der Waals surface area contributed by atoms with Crippen molar-refractivity contribution in [2.24, 2.45) is 17.9 Å². The largest absolute Gasteiger partial charge is 0.724 e. The summed E-state index contributed by atoms with van der Waals surface area (Å²) in [6, 6.07) is 6.05. The number of ether oxygens (including phenoxy) is 1. The predicted octanol–water partition coefficient (Wildman–Crippen LogP) is -0.523. The Morgan fingerprint density at radius 1 is 1.31 bits per heavy atom. The van der Waals surface area contributed by atoms with E-state index in [0.29, 0.717) is 23.7 Å². The third-order valence-electron chi connectivity index (χ3n) is 6.88.